The van der Waals surface area contributed by atoms with E-state index < -0.39 is 22.5 Å². The van der Waals surface area contributed by atoms with E-state index in [1.165, 1.54) is 23.5 Å². The van der Waals surface area contributed by atoms with E-state index in [0.29, 0.717) is 30.4 Å². The van der Waals surface area contributed by atoms with Crippen molar-refractivity contribution in [2.75, 3.05) is 38.7 Å². The average molecular weight is 591 g/mol. The smallest absolute Gasteiger partial charge is 0.243 e. The quantitative estimate of drug-likeness (QED) is 0.253. The minimum atomic E-state index is -4.02. The lowest BCUT2D eigenvalue weighted by atomic mass is 10.2. The first-order valence-corrected chi connectivity index (χ1v) is 15.2. The monoisotopic (exact) mass is 590 g/mol. The Morgan fingerprint density at radius 2 is 1.86 bits per heavy atom. The van der Waals surface area contributed by atoms with Gasteiger partial charge in [-0.25, -0.2) is 13.4 Å². The molecular formula is C31H34N4O6S. The van der Waals surface area contributed by atoms with E-state index in [4.69, 9.17) is 19.2 Å². The van der Waals surface area contributed by atoms with Crippen molar-refractivity contribution < 1.29 is 27.4 Å². The number of hydrogen-bond donors (Lipinski definition) is 1. The first kappa shape index (κ1) is 29.3. The molecule has 2 heterocycles. The first-order valence-electron chi connectivity index (χ1n) is 13.8. The van der Waals surface area contributed by atoms with Crippen molar-refractivity contribution in [2.24, 2.45) is 0 Å². The van der Waals surface area contributed by atoms with Crippen LogP contribution in [-0.4, -0.2) is 67.7 Å². The van der Waals surface area contributed by atoms with Crippen LogP contribution in [0.4, 0.5) is 5.95 Å². The van der Waals surface area contributed by atoms with Crippen molar-refractivity contribution in [3.63, 3.8) is 0 Å². The summed E-state index contributed by atoms with van der Waals surface area (Å²) in [5, 5.41) is 2.85. The topological polar surface area (TPSA) is 112 Å². The molecule has 3 aromatic carbocycles. The molecule has 0 bridgehead atoms. The first-order chi connectivity index (χ1) is 20.4. The number of methoxy groups -OCH3 is 1. The molecule has 1 atom stereocenters. The average Bonchev–Trinajstić information content (AvgIpc) is 3.68. The van der Waals surface area contributed by atoms with E-state index in [1.54, 1.807) is 16.7 Å². The predicted octanol–water partition coefficient (Wildman–Crippen LogP) is 4.76. The largest absolute Gasteiger partial charge is 0.497 e. The summed E-state index contributed by atoms with van der Waals surface area (Å²) in [6, 6.07) is 23.2. The lowest BCUT2D eigenvalue weighted by Crippen LogP contribution is -2.42. The van der Waals surface area contributed by atoms with Gasteiger partial charge in [0.1, 0.15) is 11.5 Å². The standard InChI is InChI=1S/C31H34N4O6S/c1-3-40-26-12-7-11-24(19-26)35-21-29(23-9-5-4-6-10-23)32-31(35)33-30(36)22-34(20-27-13-8-18-41-27)42(37,38)28-16-14-25(39-2)15-17-28/h4-7,9-12,14-17,19,21,27H,3,8,13,18,20,22H2,1-2H3,(H,32,33,36)/t27-/m1/s1. The van der Waals surface area contributed by atoms with Crippen LogP contribution >= 0.6 is 0 Å². The van der Waals surface area contributed by atoms with Crippen molar-refractivity contribution in [1.82, 2.24) is 13.9 Å². The van der Waals surface area contributed by atoms with Gasteiger partial charge in [0.25, 0.3) is 0 Å². The number of benzene rings is 3. The van der Waals surface area contributed by atoms with Crippen molar-refractivity contribution in [3.05, 3.63) is 85.1 Å². The zero-order valence-corrected chi connectivity index (χ0v) is 24.4. The third kappa shape index (κ3) is 6.81. The minimum Gasteiger partial charge on any atom is -0.497 e. The number of imidazole rings is 1. The van der Waals surface area contributed by atoms with Crippen LogP contribution in [0.15, 0.2) is 90.0 Å². The van der Waals surface area contributed by atoms with E-state index in [2.05, 4.69) is 5.32 Å². The number of sulfonamides is 1. The van der Waals surface area contributed by atoms with Crippen LogP contribution in [0.25, 0.3) is 16.9 Å². The maximum atomic E-state index is 13.7. The van der Waals surface area contributed by atoms with E-state index in [0.717, 1.165) is 24.1 Å². The number of rotatable bonds is 12. The lowest BCUT2D eigenvalue weighted by molar-refractivity contribution is -0.116. The molecule has 1 N–H and O–H groups in total. The molecule has 4 aromatic rings. The van der Waals surface area contributed by atoms with Gasteiger partial charge in [-0.1, -0.05) is 36.4 Å². The van der Waals surface area contributed by atoms with Gasteiger partial charge in [0, 0.05) is 31.0 Å². The van der Waals surface area contributed by atoms with Crippen LogP contribution in [0, 0.1) is 0 Å². The Kier molecular flexibility index (Phi) is 9.21. The summed E-state index contributed by atoms with van der Waals surface area (Å²) in [5.41, 5.74) is 2.25. The SMILES string of the molecule is CCOc1cccc(-n2cc(-c3ccccc3)nc2NC(=O)CN(C[C@H]2CCCO2)S(=O)(=O)c2ccc(OC)cc2)c1. The molecule has 0 radical (unpaired) electrons. The molecule has 1 fully saturated rings. The molecule has 220 valence electrons. The second-order valence-electron chi connectivity index (χ2n) is 9.77. The Balaban J connectivity index is 1.44. The van der Waals surface area contributed by atoms with Crippen LogP contribution in [-0.2, 0) is 19.6 Å². The zero-order chi connectivity index (χ0) is 29.5. The molecule has 11 heteroatoms. The Labute approximate surface area is 245 Å². The van der Waals surface area contributed by atoms with Gasteiger partial charge in [-0.3, -0.25) is 14.7 Å². The van der Waals surface area contributed by atoms with Crippen molar-refractivity contribution in [3.8, 4) is 28.4 Å². The third-order valence-corrected chi connectivity index (χ3v) is 8.71. The number of hydrogen-bond acceptors (Lipinski definition) is 7. The predicted molar refractivity (Wildman–Crippen MR) is 160 cm³/mol. The highest BCUT2D eigenvalue weighted by Gasteiger charge is 2.31. The molecule has 1 aliphatic rings. The number of aromatic nitrogens is 2. The van der Waals surface area contributed by atoms with Gasteiger partial charge in [0.05, 0.1) is 42.6 Å². The van der Waals surface area contributed by atoms with Crippen LogP contribution in [0.5, 0.6) is 11.5 Å². The summed E-state index contributed by atoms with van der Waals surface area (Å²) in [4.78, 5) is 18.3. The second kappa shape index (κ2) is 13.2. The fourth-order valence-electron chi connectivity index (χ4n) is 4.79. The molecule has 1 amide bonds. The van der Waals surface area contributed by atoms with Gasteiger partial charge in [-0.05, 0) is 56.2 Å². The van der Waals surface area contributed by atoms with E-state index in [9.17, 15) is 13.2 Å². The van der Waals surface area contributed by atoms with Crippen molar-refractivity contribution in [1.29, 1.82) is 0 Å². The molecule has 10 nitrogen and oxygen atoms in total. The second-order valence-corrected chi connectivity index (χ2v) is 11.7. The lowest BCUT2D eigenvalue weighted by Gasteiger charge is -2.24. The number of carbonyl (C=O) groups excluding carboxylic acids is 1. The highest BCUT2D eigenvalue weighted by Crippen LogP contribution is 2.27. The van der Waals surface area contributed by atoms with Crippen molar-refractivity contribution in [2.45, 2.75) is 30.8 Å². The number of nitrogens with zero attached hydrogens (tertiary/aromatic N) is 3. The van der Waals surface area contributed by atoms with Gasteiger partial charge in [-0.2, -0.15) is 4.31 Å². The molecule has 1 aliphatic heterocycles. The number of carbonyl (C=O) groups is 1. The van der Waals surface area contributed by atoms with E-state index in [-0.39, 0.29) is 23.5 Å². The Hall–Kier alpha value is -4.19. The number of amides is 1. The van der Waals surface area contributed by atoms with Crippen LogP contribution < -0.4 is 14.8 Å². The van der Waals surface area contributed by atoms with E-state index >= 15 is 0 Å². The van der Waals surface area contributed by atoms with Gasteiger partial charge >= 0.3 is 0 Å². The summed E-state index contributed by atoms with van der Waals surface area (Å²) in [6.07, 6.45) is 3.10. The maximum absolute atomic E-state index is 13.7. The fourth-order valence-corrected chi connectivity index (χ4v) is 6.22. The fraction of sp³-hybridized carbons (Fsp3) is 0.290. The highest BCUT2D eigenvalue weighted by molar-refractivity contribution is 7.89. The molecule has 42 heavy (non-hydrogen) atoms. The summed E-state index contributed by atoms with van der Waals surface area (Å²) in [6.45, 7) is 2.62. The molecule has 0 unspecified atom stereocenters. The number of anilines is 1. The molecular weight excluding hydrogens is 556 g/mol. The zero-order valence-electron chi connectivity index (χ0n) is 23.6. The normalized spacial score (nSPS) is 15.1. The molecule has 0 aliphatic carbocycles. The molecule has 1 saturated heterocycles. The Bertz CT molecular complexity index is 1600. The molecule has 5 rings (SSSR count). The highest BCUT2D eigenvalue weighted by atomic mass is 32.2. The van der Waals surface area contributed by atoms with E-state index in [1.807, 2.05) is 67.7 Å². The van der Waals surface area contributed by atoms with Crippen LogP contribution in [0.1, 0.15) is 19.8 Å². The molecule has 1 aromatic heterocycles. The summed E-state index contributed by atoms with van der Waals surface area (Å²) >= 11 is 0. The molecule has 0 spiro atoms. The number of nitrogens with one attached hydrogen (secondary N) is 1. The van der Waals surface area contributed by atoms with Crippen molar-refractivity contribution >= 4 is 21.9 Å². The number of ether oxygens (including phenoxy) is 3. The summed E-state index contributed by atoms with van der Waals surface area (Å²) < 4.78 is 46.9. The summed E-state index contributed by atoms with van der Waals surface area (Å²) in [7, 11) is -2.51. The van der Waals surface area contributed by atoms with Gasteiger partial charge in [0.2, 0.25) is 21.9 Å². The van der Waals surface area contributed by atoms with Crippen LogP contribution in [0.3, 0.4) is 0 Å². The van der Waals surface area contributed by atoms with Gasteiger partial charge in [-0.15, -0.1) is 0 Å². The summed E-state index contributed by atoms with van der Waals surface area (Å²) in [5.74, 6) is 0.936. The van der Waals surface area contributed by atoms with Gasteiger partial charge < -0.3 is 14.2 Å². The molecule has 0 saturated carbocycles. The Morgan fingerprint density at radius 1 is 1.07 bits per heavy atom. The Morgan fingerprint density at radius 3 is 2.55 bits per heavy atom. The maximum Gasteiger partial charge on any atom is 0.243 e. The minimum absolute atomic E-state index is 0.0574. The van der Waals surface area contributed by atoms with Gasteiger partial charge in [0.15, 0.2) is 0 Å². The van der Waals surface area contributed by atoms with Crippen LogP contribution in [0.2, 0.25) is 0 Å². The third-order valence-electron chi connectivity index (χ3n) is 6.88.